The maximum absolute atomic E-state index is 12.3. The van der Waals surface area contributed by atoms with Gasteiger partial charge in [0, 0.05) is 16.1 Å². The van der Waals surface area contributed by atoms with Crippen LogP contribution in [0.25, 0.3) is 0 Å². The molecule has 0 saturated carbocycles. The second-order valence-corrected chi connectivity index (χ2v) is 5.42. The Bertz CT molecular complexity index is 672. The van der Waals surface area contributed by atoms with Gasteiger partial charge in [0.25, 0.3) is 5.91 Å². The lowest BCUT2D eigenvalue weighted by molar-refractivity contribution is 0.102. The summed E-state index contributed by atoms with van der Waals surface area (Å²) in [6, 6.07) is 13.0. The molecule has 0 aliphatic carbocycles. The number of amides is 1. The van der Waals surface area contributed by atoms with Crippen LogP contribution in [-0.4, -0.2) is 25.4 Å². The summed E-state index contributed by atoms with van der Waals surface area (Å²) in [5.74, 6) is 1.14. The molecule has 21 heavy (non-hydrogen) atoms. The van der Waals surface area contributed by atoms with E-state index < -0.39 is 0 Å². The number of hydrogen-bond acceptors (Lipinski definition) is 4. The molecular formula is C16H15NO3S. The van der Waals surface area contributed by atoms with Crippen LogP contribution >= 0.6 is 11.8 Å². The third-order valence-electron chi connectivity index (χ3n) is 3.13. The summed E-state index contributed by atoms with van der Waals surface area (Å²) >= 11 is 1.64. The largest absolute Gasteiger partial charge is 0.486 e. The van der Waals surface area contributed by atoms with E-state index in [2.05, 4.69) is 5.32 Å². The standard InChI is InChI=1S/C16H15NO3S/c1-21-13-4-2-3-12(10-13)17-16(18)11-5-6-14-15(9-11)20-8-7-19-14/h2-6,9-10H,7-8H2,1H3,(H,17,18). The van der Waals surface area contributed by atoms with Crippen LogP contribution in [0.15, 0.2) is 47.4 Å². The Morgan fingerprint density at radius 2 is 1.90 bits per heavy atom. The van der Waals surface area contributed by atoms with Crippen LogP contribution in [0.3, 0.4) is 0 Å². The average Bonchev–Trinajstić information content (AvgIpc) is 2.54. The highest BCUT2D eigenvalue weighted by atomic mass is 32.2. The fourth-order valence-electron chi connectivity index (χ4n) is 2.09. The lowest BCUT2D eigenvalue weighted by atomic mass is 10.1. The van der Waals surface area contributed by atoms with Crippen molar-refractivity contribution in [2.45, 2.75) is 4.90 Å². The highest BCUT2D eigenvalue weighted by Gasteiger charge is 2.15. The molecule has 2 aromatic rings. The molecule has 1 amide bonds. The van der Waals surface area contributed by atoms with Crippen molar-refractivity contribution in [1.82, 2.24) is 0 Å². The molecule has 1 aliphatic heterocycles. The second-order valence-electron chi connectivity index (χ2n) is 4.54. The maximum atomic E-state index is 12.3. The van der Waals surface area contributed by atoms with Crippen LogP contribution in [0.1, 0.15) is 10.4 Å². The van der Waals surface area contributed by atoms with E-state index in [4.69, 9.17) is 9.47 Å². The molecule has 0 saturated heterocycles. The summed E-state index contributed by atoms with van der Waals surface area (Å²) in [6.45, 7) is 1.05. The first-order chi connectivity index (χ1) is 10.3. The van der Waals surface area contributed by atoms with Gasteiger partial charge in [-0.25, -0.2) is 0 Å². The third-order valence-corrected chi connectivity index (χ3v) is 3.86. The Morgan fingerprint density at radius 3 is 2.71 bits per heavy atom. The molecule has 5 heteroatoms. The minimum atomic E-state index is -0.162. The van der Waals surface area contributed by atoms with Gasteiger partial charge in [0.15, 0.2) is 11.5 Å². The van der Waals surface area contributed by atoms with Crippen molar-refractivity contribution in [3.63, 3.8) is 0 Å². The molecule has 108 valence electrons. The van der Waals surface area contributed by atoms with E-state index in [1.165, 1.54) is 0 Å². The summed E-state index contributed by atoms with van der Waals surface area (Å²) in [6.07, 6.45) is 2.00. The van der Waals surface area contributed by atoms with Crippen LogP contribution in [0.5, 0.6) is 11.5 Å². The van der Waals surface area contributed by atoms with Gasteiger partial charge >= 0.3 is 0 Å². The van der Waals surface area contributed by atoms with Crippen molar-refractivity contribution < 1.29 is 14.3 Å². The SMILES string of the molecule is CSc1cccc(NC(=O)c2ccc3c(c2)OCCO3)c1. The number of benzene rings is 2. The van der Waals surface area contributed by atoms with E-state index in [0.717, 1.165) is 10.6 Å². The van der Waals surface area contributed by atoms with E-state index in [0.29, 0.717) is 30.3 Å². The normalized spacial score (nSPS) is 12.8. The lowest BCUT2D eigenvalue weighted by Gasteiger charge is -2.18. The molecule has 0 atom stereocenters. The Labute approximate surface area is 127 Å². The van der Waals surface area contributed by atoms with Gasteiger partial charge in [-0.05, 0) is 42.7 Å². The predicted octanol–water partition coefficient (Wildman–Crippen LogP) is 3.43. The minimum Gasteiger partial charge on any atom is -0.486 e. The number of hydrogen-bond donors (Lipinski definition) is 1. The van der Waals surface area contributed by atoms with E-state index in [1.54, 1.807) is 30.0 Å². The van der Waals surface area contributed by atoms with E-state index in [1.807, 2.05) is 30.5 Å². The van der Waals surface area contributed by atoms with Crippen molar-refractivity contribution in [3.05, 3.63) is 48.0 Å². The van der Waals surface area contributed by atoms with Crippen molar-refractivity contribution in [1.29, 1.82) is 0 Å². The molecule has 2 aromatic carbocycles. The van der Waals surface area contributed by atoms with Gasteiger partial charge in [0.1, 0.15) is 13.2 Å². The van der Waals surface area contributed by atoms with Crippen LogP contribution in [-0.2, 0) is 0 Å². The Kier molecular flexibility index (Phi) is 4.01. The predicted molar refractivity (Wildman–Crippen MR) is 83.6 cm³/mol. The fourth-order valence-corrected chi connectivity index (χ4v) is 2.55. The minimum absolute atomic E-state index is 0.162. The zero-order chi connectivity index (χ0) is 14.7. The molecule has 1 heterocycles. The van der Waals surface area contributed by atoms with Gasteiger partial charge in [-0.2, -0.15) is 0 Å². The van der Waals surface area contributed by atoms with E-state index in [-0.39, 0.29) is 5.91 Å². The van der Waals surface area contributed by atoms with E-state index >= 15 is 0 Å². The monoisotopic (exact) mass is 301 g/mol. The smallest absolute Gasteiger partial charge is 0.255 e. The number of carbonyl (C=O) groups is 1. The number of carbonyl (C=O) groups excluding carboxylic acids is 1. The van der Waals surface area contributed by atoms with Crippen LogP contribution in [0.2, 0.25) is 0 Å². The van der Waals surface area contributed by atoms with E-state index in [9.17, 15) is 4.79 Å². The molecule has 3 rings (SSSR count). The molecule has 0 fully saturated rings. The number of rotatable bonds is 3. The molecular weight excluding hydrogens is 286 g/mol. The van der Waals surface area contributed by atoms with Gasteiger partial charge in [0.05, 0.1) is 0 Å². The summed E-state index contributed by atoms with van der Waals surface area (Å²) in [4.78, 5) is 13.4. The first-order valence-electron chi connectivity index (χ1n) is 6.61. The topological polar surface area (TPSA) is 47.6 Å². The second kappa shape index (κ2) is 6.10. The lowest BCUT2D eigenvalue weighted by Crippen LogP contribution is -2.17. The first kappa shape index (κ1) is 13.8. The first-order valence-corrected chi connectivity index (χ1v) is 7.84. The van der Waals surface area contributed by atoms with Gasteiger partial charge in [-0.3, -0.25) is 4.79 Å². The zero-order valence-corrected chi connectivity index (χ0v) is 12.4. The third kappa shape index (κ3) is 3.13. The molecule has 0 aromatic heterocycles. The fraction of sp³-hybridized carbons (Fsp3) is 0.188. The molecule has 1 N–H and O–H groups in total. The number of ether oxygens (including phenoxy) is 2. The molecule has 1 aliphatic rings. The number of anilines is 1. The number of nitrogens with one attached hydrogen (secondary N) is 1. The van der Waals surface area contributed by atoms with Crippen molar-refractivity contribution in [2.24, 2.45) is 0 Å². The van der Waals surface area contributed by atoms with Crippen molar-refractivity contribution in [2.75, 3.05) is 24.8 Å². The number of thioether (sulfide) groups is 1. The van der Waals surface area contributed by atoms with Gasteiger partial charge in [-0.15, -0.1) is 11.8 Å². The van der Waals surface area contributed by atoms with Crippen molar-refractivity contribution >= 4 is 23.4 Å². The molecule has 0 unspecified atom stereocenters. The molecule has 0 bridgehead atoms. The molecule has 4 nitrogen and oxygen atoms in total. The number of fused-ring (bicyclic) bond motifs is 1. The molecule has 0 spiro atoms. The zero-order valence-electron chi connectivity index (χ0n) is 11.6. The molecule has 0 radical (unpaired) electrons. The highest BCUT2D eigenvalue weighted by molar-refractivity contribution is 7.98. The van der Waals surface area contributed by atoms with Crippen molar-refractivity contribution in [3.8, 4) is 11.5 Å². The Morgan fingerprint density at radius 1 is 1.10 bits per heavy atom. The van der Waals surface area contributed by atoms with Crippen LogP contribution in [0, 0.1) is 0 Å². The van der Waals surface area contributed by atoms with Gasteiger partial charge in [-0.1, -0.05) is 6.07 Å². The highest BCUT2D eigenvalue weighted by Crippen LogP contribution is 2.31. The maximum Gasteiger partial charge on any atom is 0.255 e. The van der Waals surface area contributed by atoms with Gasteiger partial charge in [0.2, 0.25) is 0 Å². The van der Waals surface area contributed by atoms with Gasteiger partial charge < -0.3 is 14.8 Å². The summed E-state index contributed by atoms with van der Waals surface area (Å²) in [5.41, 5.74) is 1.33. The Hall–Kier alpha value is -2.14. The average molecular weight is 301 g/mol. The summed E-state index contributed by atoms with van der Waals surface area (Å²) in [7, 11) is 0. The Balaban J connectivity index is 1.78. The quantitative estimate of drug-likeness (QED) is 0.882. The summed E-state index contributed by atoms with van der Waals surface area (Å²) < 4.78 is 10.9. The summed E-state index contributed by atoms with van der Waals surface area (Å²) in [5, 5.41) is 2.89. The van der Waals surface area contributed by atoms with Crippen LogP contribution < -0.4 is 14.8 Å². The van der Waals surface area contributed by atoms with Crippen LogP contribution in [0.4, 0.5) is 5.69 Å².